The number of cyclic esters (lactones) is 1. The van der Waals surface area contributed by atoms with E-state index < -0.39 is 23.5 Å². The van der Waals surface area contributed by atoms with Crippen molar-refractivity contribution >= 4 is 39.5 Å². The number of benzene rings is 2. The third-order valence-corrected chi connectivity index (χ3v) is 5.34. The van der Waals surface area contributed by atoms with Crippen molar-refractivity contribution in [3.8, 4) is 0 Å². The molecule has 6 heteroatoms. The molecule has 0 amide bonds. The Kier molecular flexibility index (Phi) is 5.45. The Morgan fingerprint density at radius 2 is 1.70 bits per heavy atom. The molecule has 1 atom stereocenters. The summed E-state index contributed by atoms with van der Waals surface area (Å²) in [7, 11) is 0. The molecular weight excluding hydrogens is 432 g/mol. The Bertz CT molecular complexity index is 914. The third-order valence-electron chi connectivity index (χ3n) is 4.56. The van der Waals surface area contributed by atoms with Gasteiger partial charge in [0.1, 0.15) is 11.9 Å². The summed E-state index contributed by atoms with van der Waals surface area (Å²) in [6.45, 7) is 5.37. The van der Waals surface area contributed by atoms with Crippen molar-refractivity contribution in [2.75, 3.05) is 0 Å². The largest absolute Gasteiger partial charge is 0.453 e. The molecule has 0 unspecified atom stereocenters. The fraction of sp³-hybridized carbons (Fsp3) is 0.238. The Morgan fingerprint density at radius 1 is 1.11 bits per heavy atom. The molecule has 0 bridgehead atoms. The van der Waals surface area contributed by atoms with Crippen molar-refractivity contribution in [2.45, 2.75) is 26.9 Å². The van der Waals surface area contributed by atoms with Crippen molar-refractivity contribution < 1.29 is 19.1 Å². The monoisotopic (exact) mass is 448 g/mol. The lowest BCUT2D eigenvalue weighted by Crippen LogP contribution is -2.37. The molecular formula is C21H18BrClO4. The maximum atomic E-state index is 12.6. The molecule has 0 saturated heterocycles. The van der Waals surface area contributed by atoms with Gasteiger partial charge in [0.05, 0.1) is 16.6 Å². The van der Waals surface area contributed by atoms with Gasteiger partial charge in [0.2, 0.25) is 0 Å². The molecule has 0 N–H and O–H groups in total. The lowest BCUT2D eigenvalue weighted by molar-refractivity contribution is -0.155. The maximum Gasteiger partial charge on any atom is 0.343 e. The average molecular weight is 450 g/mol. The highest BCUT2D eigenvalue weighted by Crippen LogP contribution is 2.48. The van der Waals surface area contributed by atoms with E-state index in [1.807, 2.05) is 13.8 Å². The average Bonchev–Trinajstić information content (AvgIpc) is 2.63. The van der Waals surface area contributed by atoms with E-state index in [1.54, 1.807) is 55.5 Å². The van der Waals surface area contributed by atoms with E-state index in [0.29, 0.717) is 16.3 Å². The predicted molar refractivity (Wildman–Crippen MR) is 106 cm³/mol. The quantitative estimate of drug-likeness (QED) is 0.551. The molecule has 1 aliphatic heterocycles. The molecule has 0 radical (unpaired) electrons. The van der Waals surface area contributed by atoms with Crippen LogP contribution in [-0.2, 0) is 14.3 Å². The van der Waals surface area contributed by atoms with Crippen LogP contribution in [0.2, 0.25) is 5.02 Å². The Balaban J connectivity index is 1.95. The minimum atomic E-state index is -0.739. The summed E-state index contributed by atoms with van der Waals surface area (Å²) in [5, 5.41) is 0.590. The standard InChI is InChI=1S/C21H18BrClO4/c1-12-17(26-20(25)14-4-8-15(22)9-5-14)21(2,3)18(27-19(12)24)13-6-10-16(23)11-7-13/h4-11,18H,1-3H3/t18-/m0/s1. The smallest absolute Gasteiger partial charge is 0.343 e. The van der Waals surface area contributed by atoms with E-state index in [2.05, 4.69) is 15.9 Å². The van der Waals surface area contributed by atoms with Crippen LogP contribution in [0.1, 0.15) is 42.8 Å². The third kappa shape index (κ3) is 3.94. The van der Waals surface area contributed by atoms with Gasteiger partial charge in [-0.05, 0) is 62.7 Å². The van der Waals surface area contributed by atoms with Gasteiger partial charge in [-0.1, -0.05) is 39.7 Å². The molecule has 1 heterocycles. The van der Waals surface area contributed by atoms with Crippen molar-refractivity contribution in [3.05, 3.63) is 80.5 Å². The summed E-state index contributed by atoms with van der Waals surface area (Å²) in [6.07, 6.45) is -0.598. The molecule has 27 heavy (non-hydrogen) atoms. The SMILES string of the molecule is CC1=C(OC(=O)c2ccc(Br)cc2)C(C)(C)[C@H](c2ccc(Cl)cc2)OC1=O. The second-order valence-corrected chi connectivity index (χ2v) is 8.26. The van der Waals surface area contributed by atoms with Crippen LogP contribution < -0.4 is 0 Å². The van der Waals surface area contributed by atoms with Gasteiger partial charge in [-0.3, -0.25) is 0 Å². The van der Waals surface area contributed by atoms with Crippen LogP contribution in [-0.4, -0.2) is 11.9 Å². The topological polar surface area (TPSA) is 52.6 Å². The van der Waals surface area contributed by atoms with E-state index in [-0.39, 0.29) is 5.57 Å². The summed E-state index contributed by atoms with van der Waals surface area (Å²) in [5.74, 6) is -0.714. The Morgan fingerprint density at radius 3 is 2.30 bits per heavy atom. The summed E-state index contributed by atoms with van der Waals surface area (Å²) < 4.78 is 12.2. The van der Waals surface area contributed by atoms with Crippen molar-refractivity contribution in [1.82, 2.24) is 0 Å². The van der Waals surface area contributed by atoms with Gasteiger partial charge >= 0.3 is 11.9 Å². The number of carbonyl (C=O) groups excluding carboxylic acids is 2. The van der Waals surface area contributed by atoms with E-state index in [4.69, 9.17) is 21.1 Å². The normalized spacial score (nSPS) is 18.9. The van der Waals surface area contributed by atoms with Gasteiger partial charge in [0.15, 0.2) is 0 Å². The number of halogens is 2. The second kappa shape index (κ2) is 7.49. The molecule has 0 aliphatic carbocycles. The van der Waals surface area contributed by atoms with Crippen molar-refractivity contribution in [1.29, 1.82) is 0 Å². The first-order valence-corrected chi connectivity index (χ1v) is 9.53. The molecule has 4 nitrogen and oxygen atoms in total. The summed E-state index contributed by atoms with van der Waals surface area (Å²) >= 11 is 9.30. The van der Waals surface area contributed by atoms with Crippen LogP contribution in [0.25, 0.3) is 0 Å². The van der Waals surface area contributed by atoms with Crippen LogP contribution in [0.5, 0.6) is 0 Å². The molecule has 0 fully saturated rings. The fourth-order valence-electron chi connectivity index (χ4n) is 3.11. The minimum Gasteiger partial charge on any atom is -0.453 e. The molecule has 0 spiro atoms. The zero-order valence-corrected chi connectivity index (χ0v) is 17.4. The van der Waals surface area contributed by atoms with Gasteiger partial charge < -0.3 is 9.47 Å². The number of hydrogen-bond acceptors (Lipinski definition) is 4. The van der Waals surface area contributed by atoms with Gasteiger partial charge in [0.25, 0.3) is 0 Å². The van der Waals surface area contributed by atoms with Gasteiger partial charge in [-0.15, -0.1) is 0 Å². The van der Waals surface area contributed by atoms with Crippen LogP contribution >= 0.6 is 27.5 Å². The van der Waals surface area contributed by atoms with E-state index >= 15 is 0 Å². The summed E-state index contributed by atoms with van der Waals surface area (Å²) in [4.78, 5) is 25.0. The highest BCUT2D eigenvalue weighted by molar-refractivity contribution is 9.10. The lowest BCUT2D eigenvalue weighted by Gasteiger charge is -2.39. The first-order valence-electron chi connectivity index (χ1n) is 8.35. The van der Waals surface area contributed by atoms with Crippen LogP contribution in [0.3, 0.4) is 0 Å². The highest BCUT2D eigenvalue weighted by Gasteiger charge is 2.46. The van der Waals surface area contributed by atoms with Gasteiger partial charge in [-0.2, -0.15) is 0 Å². The Labute approximate surface area is 171 Å². The van der Waals surface area contributed by atoms with E-state index in [0.717, 1.165) is 10.0 Å². The van der Waals surface area contributed by atoms with Crippen molar-refractivity contribution in [3.63, 3.8) is 0 Å². The lowest BCUT2D eigenvalue weighted by atomic mass is 9.77. The summed E-state index contributed by atoms with van der Waals surface area (Å²) in [6, 6.07) is 13.9. The molecule has 0 saturated carbocycles. The van der Waals surface area contributed by atoms with Crippen LogP contribution in [0.4, 0.5) is 0 Å². The zero-order chi connectivity index (χ0) is 19.8. The number of hydrogen-bond donors (Lipinski definition) is 0. The van der Waals surface area contributed by atoms with Gasteiger partial charge in [0, 0.05) is 9.50 Å². The molecule has 0 aromatic heterocycles. The highest BCUT2D eigenvalue weighted by atomic mass is 79.9. The maximum absolute atomic E-state index is 12.6. The fourth-order valence-corrected chi connectivity index (χ4v) is 3.50. The van der Waals surface area contributed by atoms with Crippen LogP contribution in [0.15, 0.2) is 64.3 Å². The van der Waals surface area contributed by atoms with Crippen molar-refractivity contribution in [2.24, 2.45) is 5.41 Å². The molecule has 2 aromatic rings. The first kappa shape index (κ1) is 19.6. The van der Waals surface area contributed by atoms with E-state index in [1.165, 1.54) is 0 Å². The molecule has 3 rings (SSSR count). The van der Waals surface area contributed by atoms with E-state index in [9.17, 15) is 9.59 Å². The zero-order valence-electron chi connectivity index (χ0n) is 15.1. The summed E-state index contributed by atoms with van der Waals surface area (Å²) in [5.41, 5.74) is 0.728. The van der Waals surface area contributed by atoms with Gasteiger partial charge in [-0.25, -0.2) is 9.59 Å². The first-order chi connectivity index (χ1) is 12.7. The molecule has 2 aromatic carbocycles. The number of rotatable bonds is 3. The minimum absolute atomic E-state index is 0.288. The number of esters is 2. The van der Waals surface area contributed by atoms with Crippen LogP contribution in [0, 0.1) is 5.41 Å². The Hall–Kier alpha value is -2.11. The number of ether oxygens (including phenoxy) is 2. The second-order valence-electron chi connectivity index (χ2n) is 6.91. The number of carbonyl (C=O) groups is 2. The predicted octanol–water partition coefficient (Wildman–Crippen LogP) is 5.86. The molecule has 1 aliphatic rings. The molecule has 140 valence electrons.